The second-order valence-electron chi connectivity index (χ2n) is 11.1. The number of aromatic nitrogens is 3. The molecule has 0 aliphatic carbocycles. The molecule has 5 rings (SSSR count). The number of carbonyl (C=O) groups excluding carboxylic acids is 1. The topological polar surface area (TPSA) is 110 Å². The molecular weight excluding hydrogens is 670 g/mol. The van der Waals surface area contributed by atoms with E-state index in [9.17, 15) is 32.6 Å². The number of fused-ring (bicyclic) bond motifs is 1. The predicted molar refractivity (Wildman–Crippen MR) is 164 cm³/mol. The molecule has 1 atom stereocenters. The SMILES string of the molecule is COc1cc(C(=O)NC[C@@](O)(c2cccc(F)c2)c2cc(C(C)(C)O)c(F)c(-c3ccc(F)c(Cl)c3Cl)n2)cc2cn(C(F)F)nc12. The van der Waals surface area contributed by atoms with Crippen LogP contribution in [0, 0.1) is 17.5 Å². The molecular formula is C32H25Cl2F5N4O4. The normalized spacial score (nSPS) is 13.2. The molecule has 2 heterocycles. The van der Waals surface area contributed by atoms with Gasteiger partial charge in [-0.05, 0) is 61.9 Å². The van der Waals surface area contributed by atoms with E-state index in [1.54, 1.807) is 0 Å². The maximum atomic E-state index is 16.0. The first-order chi connectivity index (χ1) is 22.0. The summed E-state index contributed by atoms with van der Waals surface area (Å²) in [7, 11) is 1.26. The van der Waals surface area contributed by atoms with Gasteiger partial charge >= 0.3 is 6.55 Å². The summed E-state index contributed by atoms with van der Waals surface area (Å²) in [6, 6.07) is 10.3. The molecule has 0 bridgehead atoms. The first-order valence-electron chi connectivity index (χ1n) is 13.7. The Morgan fingerprint density at radius 1 is 1.04 bits per heavy atom. The summed E-state index contributed by atoms with van der Waals surface area (Å²) >= 11 is 12.2. The van der Waals surface area contributed by atoms with Gasteiger partial charge in [0.25, 0.3) is 5.91 Å². The third-order valence-electron chi connectivity index (χ3n) is 7.41. The van der Waals surface area contributed by atoms with Crippen LogP contribution in [0.5, 0.6) is 5.75 Å². The number of hydrogen-bond acceptors (Lipinski definition) is 6. The van der Waals surface area contributed by atoms with Crippen molar-refractivity contribution in [1.82, 2.24) is 20.1 Å². The molecule has 0 aliphatic rings. The number of pyridine rings is 1. The number of carbonyl (C=O) groups is 1. The molecule has 47 heavy (non-hydrogen) atoms. The van der Waals surface area contributed by atoms with Crippen LogP contribution in [0.1, 0.15) is 47.6 Å². The van der Waals surface area contributed by atoms with Gasteiger partial charge in [-0.25, -0.2) is 22.8 Å². The van der Waals surface area contributed by atoms with Crippen molar-refractivity contribution in [3.63, 3.8) is 0 Å². The molecule has 0 radical (unpaired) electrons. The van der Waals surface area contributed by atoms with Crippen LogP contribution in [-0.4, -0.2) is 44.5 Å². The number of amides is 1. The van der Waals surface area contributed by atoms with E-state index in [2.05, 4.69) is 15.4 Å². The van der Waals surface area contributed by atoms with Crippen molar-refractivity contribution in [3.05, 3.63) is 111 Å². The van der Waals surface area contributed by atoms with Crippen LogP contribution in [0.2, 0.25) is 10.0 Å². The number of nitrogens with one attached hydrogen (secondary N) is 1. The molecule has 0 saturated heterocycles. The summed E-state index contributed by atoms with van der Waals surface area (Å²) in [5.41, 5.74) is -5.85. The van der Waals surface area contributed by atoms with E-state index in [0.717, 1.165) is 36.5 Å². The maximum Gasteiger partial charge on any atom is 0.333 e. The number of hydrogen-bond donors (Lipinski definition) is 3. The van der Waals surface area contributed by atoms with E-state index >= 15 is 4.39 Å². The molecule has 3 aromatic carbocycles. The zero-order chi connectivity index (χ0) is 34.4. The molecule has 0 unspecified atom stereocenters. The first kappa shape index (κ1) is 34.0. The average molecular weight is 695 g/mol. The summed E-state index contributed by atoms with van der Waals surface area (Å²) in [4.78, 5) is 17.7. The van der Waals surface area contributed by atoms with Gasteiger partial charge in [-0.1, -0.05) is 35.3 Å². The number of ether oxygens (including phenoxy) is 1. The minimum Gasteiger partial charge on any atom is -0.494 e. The molecule has 246 valence electrons. The fraction of sp³-hybridized carbons (Fsp3) is 0.219. The highest BCUT2D eigenvalue weighted by atomic mass is 35.5. The lowest BCUT2D eigenvalue weighted by Crippen LogP contribution is -2.43. The van der Waals surface area contributed by atoms with Crippen molar-refractivity contribution in [2.45, 2.75) is 31.6 Å². The van der Waals surface area contributed by atoms with Crippen LogP contribution < -0.4 is 10.1 Å². The largest absolute Gasteiger partial charge is 0.494 e. The number of aliphatic hydroxyl groups is 2. The number of benzene rings is 3. The van der Waals surface area contributed by atoms with Crippen LogP contribution in [0.25, 0.3) is 22.2 Å². The smallest absolute Gasteiger partial charge is 0.333 e. The maximum absolute atomic E-state index is 16.0. The number of halogens is 7. The average Bonchev–Trinajstić information content (AvgIpc) is 3.47. The van der Waals surface area contributed by atoms with Crippen LogP contribution in [-0.2, 0) is 11.2 Å². The summed E-state index contributed by atoms with van der Waals surface area (Å²) in [5.74, 6) is -3.53. The molecule has 0 saturated carbocycles. The molecule has 0 fully saturated rings. The lowest BCUT2D eigenvalue weighted by molar-refractivity contribution is 0.0573. The van der Waals surface area contributed by atoms with Crippen LogP contribution in [0.3, 0.4) is 0 Å². The number of alkyl halides is 2. The predicted octanol–water partition coefficient (Wildman–Crippen LogP) is 7.12. The third kappa shape index (κ3) is 6.48. The van der Waals surface area contributed by atoms with Crippen molar-refractivity contribution in [3.8, 4) is 17.0 Å². The van der Waals surface area contributed by atoms with Crippen molar-refractivity contribution in [1.29, 1.82) is 0 Å². The molecule has 2 aromatic heterocycles. The Morgan fingerprint density at radius 2 is 1.77 bits per heavy atom. The standard InChI is InChI=1S/C32H25Cl2F5N4O4/c1-31(2,45)20-12-23(41-28(26(20)37)19-7-8-21(36)25(34)24(19)33)32(46,17-5-4-6-18(35)11-17)14-40-29(44)15-9-16-13-43(30(38)39)42-27(16)22(10-15)47-3/h4-13,30,45-46H,14H2,1-3H3,(H,40,44)/t32-/m1/s1. The summed E-state index contributed by atoms with van der Waals surface area (Å²) < 4.78 is 76.8. The second kappa shape index (κ2) is 12.7. The molecule has 1 amide bonds. The number of rotatable bonds is 9. The Bertz CT molecular complexity index is 2020. The van der Waals surface area contributed by atoms with Gasteiger partial charge in [-0.2, -0.15) is 13.9 Å². The second-order valence-corrected chi connectivity index (χ2v) is 11.8. The van der Waals surface area contributed by atoms with E-state index < -0.39 is 63.4 Å². The van der Waals surface area contributed by atoms with E-state index in [1.807, 2.05) is 0 Å². The van der Waals surface area contributed by atoms with Crippen molar-refractivity contribution >= 4 is 40.0 Å². The van der Waals surface area contributed by atoms with Gasteiger partial charge in [0.05, 0.1) is 35.0 Å². The highest BCUT2D eigenvalue weighted by Gasteiger charge is 2.38. The third-order valence-corrected chi connectivity index (χ3v) is 8.27. The first-order valence-corrected chi connectivity index (χ1v) is 14.5. The zero-order valence-electron chi connectivity index (χ0n) is 24.8. The lowest BCUT2D eigenvalue weighted by atomic mass is 9.86. The monoisotopic (exact) mass is 694 g/mol. The molecule has 15 heteroatoms. The summed E-state index contributed by atoms with van der Waals surface area (Å²) in [5, 5.41) is 28.7. The fourth-order valence-corrected chi connectivity index (χ4v) is 5.39. The Morgan fingerprint density at radius 3 is 2.40 bits per heavy atom. The molecule has 5 aromatic rings. The van der Waals surface area contributed by atoms with Crippen LogP contribution in [0.15, 0.2) is 60.8 Å². The van der Waals surface area contributed by atoms with Gasteiger partial charge in [-0.3, -0.25) is 4.79 Å². The lowest BCUT2D eigenvalue weighted by Gasteiger charge is -2.31. The summed E-state index contributed by atoms with van der Waals surface area (Å²) in [6.45, 7) is -1.12. The van der Waals surface area contributed by atoms with Gasteiger partial charge in [0, 0.05) is 28.3 Å². The van der Waals surface area contributed by atoms with Gasteiger partial charge in [0.15, 0.2) is 5.82 Å². The number of methoxy groups -OCH3 is 1. The molecule has 0 aliphatic heterocycles. The molecule has 3 N–H and O–H groups in total. The van der Waals surface area contributed by atoms with Crippen molar-refractivity contribution in [2.24, 2.45) is 0 Å². The van der Waals surface area contributed by atoms with E-state index in [-0.39, 0.29) is 44.6 Å². The van der Waals surface area contributed by atoms with E-state index in [0.29, 0.717) is 4.68 Å². The van der Waals surface area contributed by atoms with Gasteiger partial charge in [0.2, 0.25) is 0 Å². The van der Waals surface area contributed by atoms with Crippen LogP contribution in [0.4, 0.5) is 22.0 Å². The highest BCUT2D eigenvalue weighted by Crippen LogP contribution is 2.40. The quantitative estimate of drug-likeness (QED) is 0.112. The fourth-order valence-electron chi connectivity index (χ4n) is 4.98. The Balaban J connectivity index is 1.65. The van der Waals surface area contributed by atoms with Gasteiger partial charge in [-0.15, -0.1) is 0 Å². The number of nitrogens with zero attached hydrogens (tertiary/aromatic N) is 3. The van der Waals surface area contributed by atoms with E-state index in [1.165, 1.54) is 45.2 Å². The Labute approximate surface area is 274 Å². The van der Waals surface area contributed by atoms with Crippen LogP contribution >= 0.6 is 23.2 Å². The Kier molecular flexibility index (Phi) is 9.21. The highest BCUT2D eigenvalue weighted by molar-refractivity contribution is 6.43. The van der Waals surface area contributed by atoms with Gasteiger partial charge < -0.3 is 20.3 Å². The van der Waals surface area contributed by atoms with Crippen molar-refractivity contribution in [2.75, 3.05) is 13.7 Å². The molecule has 8 nitrogen and oxygen atoms in total. The minimum absolute atomic E-state index is 0.0157. The minimum atomic E-state index is -2.95. The van der Waals surface area contributed by atoms with E-state index in [4.69, 9.17) is 27.9 Å². The zero-order valence-corrected chi connectivity index (χ0v) is 26.3. The van der Waals surface area contributed by atoms with Crippen molar-refractivity contribution < 1.29 is 41.7 Å². The molecule has 0 spiro atoms. The van der Waals surface area contributed by atoms with Gasteiger partial charge in [0.1, 0.15) is 34.2 Å². The summed E-state index contributed by atoms with van der Waals surface area (Å²) in [6.07, 6.45) is 1.03. The Hall–Kier alpha value is -4.30.